The van der Waals surface area contributed by atoms with Gasteiger partial charge < -0.3 is 15.1 Å². The molecule has 8 heteroatoms. The topological polar surface area (TPSA) is 47.9 Å². The van der Waals surface area contributed by atoms with Crippen LogP contribution in [0.4, 0.5) is 5.69 Å². The molecule has 1 N–H and O–H groups in total. The number of likely N-dealkylation sites (N-methyl/N-ethyl adjacent to an activating group) is 1. The summed E-state index contributed by atoms with van der Waals surface area (Å²) in [4.78, 5) is 20.7. The van der Waals surface area contributed by atoms with Crippen LogP contribution in [-0.2, 0) is 0 Å². The van der Waals surface area contributed by atoms with E-state index in [1.807, 2.05) is 0 Å². The van der Waals surface area contributed by atoms with Crippen molar-refractivity contribution in [2.24, 2.45) is 4.99 Å². The van der Waals surface area contributed by atoms with Crippen LogP contribution in [0.3, 0.4) is 0 Å². The first-order valence-corrected chi connectivity index (χ1v) is 7.36. The highest BCUT2D eigenvalue weighted by Crippen LogP contribution is 2.26. The summed E-state index contributed by atoms with van der Waals surface area (Å²) in [5.74, 6) is 0.757. The molecule has 1 amide bonds. The van der Waals surface area contributed by atoms with Gasteiger partial charge in [-0.15, -0.1) is 24.8 Å². The molecule has 1 aliphatic rings. The lowest BCUT2D eigenvalue weighted by molar-refractivity contribution is 0.0816. The van der Waals surface area contributed by atoms with Crippen LogP contribution in [0.2, 0.25) is 5.02 Å². The van der Waals surface area contributed by atoms with E-state index < -0.39 is 0 Å². The Bertz CT molecular complexity index is 564. The van der Waals surface area contributed by atoms with Gasteiger partial charge in [-0.1, -0.05) is 11.6 Å². The van der Waals surface area contributed by atoms with Crippen molar-refractivity contribution in [2.45, 2.75) is 6.42 Å². The van der Waals surface area contributed by atoms with Gasteiger partial charge in [-0.2, -0.15) is 0 Å². The van der Waals surface area contributed by atoms with Crippen LogP contribution in [-0.4, -0.2) is 62.3 Å². The number of hydrogen-bond donors (Lipinski definition) is 1. The van der Waals surface area contributed by atoms with E-state index in [2.05, 4.69) is 29.3 Å². The Balaban J connectivity index is 0.00000242. The van der Waals surface area contributed by atoms with Crippen LogP contribution < -0.4 is 5.32 Å². The van der Waals surface area contributed by atoms with Crippen molar-refractivity contribution in [3.05, 3.63) is 28.8 Å². The third-order valence-electron chi connectivity index (χ3n) is 3.29. The Kier molecular flexibility index (Phi) is 9.54. The zero-order chi connectivity index (χ0) is 15.4. The smallest absolute Gasteiger partial charge is 0.256 e. The number of carbonyl (C=O) groups is 1. The van der Waals surface area contributed by atoms with Crippen LogP contribution in [0.5, 0.6) is 0 Å². The molecule has 0 fully saturated rings. The highest BCUT2D eigenvalue weighted by atomic mass is 35.5. The summed E-state index contributed by atoms with van der Waals surface area (Å²) in [6.45, 7) is 2.33. The molecule has 1 heterocycles. The fourth-order valence-electron chi connectivity index (χ4n) is 2.18. The Morgan fingerprint density at radius 3 is 2.70 bits per heavy atom. The summed E-state index contributed by atoms with van der Waals surface area (Å²) >= 11 is 5.97. The number of halogens is 3. The quantitative estimate of drug-likeness (QED) is 0.816. The maximum Gasteiger partial charge on any atom is 0.256 e. The molecular formula is C15H23Cl3N4O. The van der Waals surface area contributed by atoms with E-state index in [4.69, 9.17) is 11.6 Å². The maximum absolute atomic E-state index is 12.3. The van der Waals surface area contributed by atoms with Crippen LogP contribution in [0.25, 0.3) is 0 Å². The molecule has 5 nitrogen and oxygen atoms in total. The van der Waals surface area contributed by atoms with Gasteiger partial charge in [0.25, 0.3) is 5.91 Å². The Morgan fingerprint density at radius 2 is 2.04 bits per heavy atom. The first kappa shape index (κ1) is 22.0. The third kappa shape index (κ3) is 6.18. The minimum Gasteiger partial charge on any atom is -0.372 e. The highest BCUT2D eigenvalue weighted by molar-refractivity contribution is 6.31. The molecule has 23 heavy (non-hydrogen) atoms. The average molecular weight is 382 g/mol. The van der Waals surface area contributed by atoms with Crippen molar-refractivity contribution in [3.63, 3.8) is 0 Å². The van der Waals surface area contributed by atoms with Crippen LogP contribution in [0, 0.1) is 0 Å². The van der Waals surface area contributed by atoms with Gasteiger partial charge in [0, 0.05) is 18.6 Å². The molecular weight excluding hydrogens is 359 g/mol. The molecule has 0 aromatic heterocycles. The van der Waals surface area contributed by atoms with Crippen LogP contribution in [0.1, 0.15) is 16.8 Å². The molecule has 2 rings (SSSR count). The molecule has 1 aliphatic heterocycles. The van der Waals surface area contributed by atoms with Crippen molar-refractivity contribution in [3.8, 4) is 0 Å². The fourth-order valence-corrected chi connectivity index (χ4v) is 2.36. The summed E-state index contributed by atoms with van der Waals surface area (Å²) < 4.78 is 0. The van der Waals surface area contributed by atoms with E-state index in [-0.39, 0.29) is 30.7 Å². The number of aliphatic imine (C=N–C) groups is 1. The van der Waals surface area contributed by atoms with Crippen molar-refractivity contribution in [1.29, 1.82) is 0 Å². The second-order valence-electron chi connectivity index (χ2n) is 5.46. The molecule has 1 aromatic carbocycles. The molecule has 130 valence electrons. The molecule has 0 radical (unpaired) electrons. The SMILES string of the molecule is CN(C)CCCNC1=Nc2ccc(Cl)cc2C(=O)N(C)C1.Cl.Cl. The average Bonchev–Trinajstić information content (AvgIpc) is 2.54. The van der Waals surface area contributed by atoms with Crippen molar-refractivity contribution in [1.82, 2.24) is 15.1 Å². The maximum atomic E-state index is 12.3. The van der Waals surface area contributed by atoms with Gasteiger partial charge in [0.15, 0.2) is 0 Å². The number of rotatable bonds is 4. The molecule has 0 unspecified atom stereocenters. The second-order valence-corrected chi connectivity index (χ2v) is 5.90. The fraction of sp³-hybridized carbons (Fsp3) is 0.467. The number of amides is 1. The standard InChI is InChI=1S/C15H21ClN4O.2ClH/c1-19(2)8-4-7-17-14-10-20(3)15(21)12-9-11(16)5-6-13(12)18-14;;/h5-6,9H,4,7-8,10H2,1-3H3,(H,17,18);2*1H. The van der Waals surface area contributed by atoms with Crippen molar-refractivity contribution < 1.29 is 4.79 Å². The molecule has 1 aromatic rings. The summed E-state index contributed by atoms with van der Waals surface area (Å²) in [5.41, 5.74) is 1.22. The number of benzene rings is 1. The van der Waals surface area contributed by atoms with Gasteiger partial charge in [0.1, 0.15) is 5.84 Å². The molecule has 0 spiro atoms. The molecule has 0 atom stereocenters. The number of nitrogens with one attached hydrogen (secondary N) is 1. The number of fused-ring (bicyclic) bond motifs is 1. The van der Waals surface area contributed by atoms with E-state index >= 15 is 0 Å². The summed E-state index contributed by atoms with van der Waals surface area (Å²) in [5, 5.41) is 3.87. The lowest BCUT2D eigenvalue weighted by atomic mass is 10.1. The van der Waals surface area contributed by atoms with E-state index in [0.29, 0.717) is 22.8 Å². The van der Waals surface area contributed by atoms with Crippen LogP contribution in [0.15, 0.2) is 23.2 Å². The van der Waals surface area contributed by atoms with Gasteiger partial charge in [-0.25, -0.2) is 4.99 Å². The Morgan fingerprint density at radius 1 is 1.35 bits per heavy atom. The predicted molar refractivity (Wildman–Crippen MR) is 101 cm³/mol. The highest BCUT2D eigenvalue weighted by Gasteiger charge is 2.21. The molecule has 0 aliphatic carbocycles. The van der Waals surface area contributed by atoms with Gasteiger partial charge in [0.2, 0.25) is 0 Å². The lowest BCUT2D eigenvalue weighted by Gasteiger charge is -2.17. The van der Waals surface area contributed by atoms with Gasteiger partial charge in [0.05, 0.1) is 17.8 Å². The molecule has 0 saturated heterocycles. The number of amidine groups is 1. The van der Waals surface area contributed by atoms with Crippen molar-refractivity contribution in [2.75, 3.05) is 40.8 Å². The van der Waals surface area contributed by atoms with E-state index in [1.54, 1.807) is 30.1 Å². The van der Waals surface area contributed by atoms with Gasteiger partial charge in [-0.05, 0) is 45.3 Å². The Hall–Kier alpha value is -1.01. The van der Waals surface area contributed by atoms with Gasteiger partial charge in [-0.3, -0.25) is 4.79 Å². The van der Waals surface area contributed by atoms with Crippen molar-refractivity contribution >= 4 is 53.8 Å². The minimum atomic E-state index is -0.0543. The summed E-state index contributed by atoms with van der Waals surface area (Å²) in [6, 6.07) is 5.22. The first-order valence-electron chi connectivity index (χ1n) is 6.98. The largest absolute Gasteiger partial charge is 0.372 e. The van der Waals surface area contributed by atoms with Gasteiger partial charge >= 0.3 is 0 Å². The van der Waals surface area contributed by atoms with E-state index in [9.17, 15) is 4.79 Å². The summed E-state index contributed by atoms with van der Waals surface area (Å²) in [6.07, 6.45) is 1.02. The minimum absolute atomic E-state index is 0. The monoisotopic (exact) mass is 380 g/mol. The normalized spacial score (nSPS) is 13.5. The number of carbonyl (C=O) groups excluding carboxylic acids is 1. The lowest BCUT2D eigenvalue weighted by Crippen LogP contribution is -2.37. The number of nitrogens with zero attached hydrogens (tertiary/aromatic N) is 3. The molecule has 0 bridgehead atoms. The Labute approximate surface area is 154 Å². The third-order valence-corrected chi connectivity index (χ3v) is 3.52. The number of hydrogen-bond acceptors (Lipinski definition) is 4. The summed E-state index contributed by atoms with van der Waals surface area (Å²) in [7, 11) is 5.88. The van der Waals surface area contributed by atoms with E-state index in [1.165, 1.54) is 0 Å². The predicted octanol–water partition coefficient (Wildman–Crippen LogP) is 2.84. The van der Waals surface area contributed by atoms with E-state index in [0.717, 1.165) is 25.3 Å². The zero-order valence-electron chi connectivity index (χ0n) is 13.5. The molecule has 0 saturated carbocycles. The zero-order valence-corrected chi connectivity index (χ0v) is 15.9. The first-order chi connectivity index (χ1) is 9.97. The van der Waals surface area contributed by atoms with Crippen LogP contribution >= 0.6 is 36.4 Å². The second kappa shape index (κ2) is 9.98.